The zero-order chi connectivity index (χ0) is 18.1. The summed E-state index contributed by atoms with van der Waals surface area (Å²) >= 11 is 4.89. The summed E-state index contributed by atoms with van der Waals surface area (Å²) in [6.07, 6.45) is -0.270. The highest BCUT2D eigenvalue weighted by Crippen LogP contribution is 2.01. The van der Waals surface area contributed by atoms with E-state index in [4.69, 9.17) is 27.5 Å². The zero-order valence-corrected chi connectivity index (χ0v) is 13.1. The van der Waals surface area contributed by atoms with Crippen molar-refractivity contribution < 1.29 is 29.7 Å². The van der Waals surface area contributed by atoms with Crippen LogP contribution in [0.15, 0.2) is 0 Å². The van der Waals surface area contributed by atoms with Gasteiger partial charge in [0.25, 0.3) is 0 Å². The molecule has 0 fully saturated rings. The van der Waals surface area contributed by atoms with Gasteiger partial charge in [-0.2, -0.15) is 5.21 Å². The van der Waals surface area contributed by atoms with Crippen molar-refractivity contribution in [2.75, 3.05) is 0 Å². The molecule has 132 valence electrons. The standard InChI is InChI=1S/C11H16N6O6S/c18-8(19)4-2-6(10(22)23)13-11(24)12-5(9(20)21)1-3-7-14-16-17-15-7/h5-6H,1-4H2,(H,18,19)(H,20,21)(H,22,23)(H2,12,13,24)(H,14,15,16,17)/t5-,6?/m0/s1. The fourth-order valence-corrected chi connectivity index (χ4v) is 1.99. The van der Waals surface area contributed by atoms with E-state index >= 15 is 0 Å². The van der Waals surface area contributed by atoms with E-state index in [-0.39, 0.29) is 30.8 Å². The number of H-pyrrole nitrogens is 1. The third-order valence-corrected chi connectivity index (χ3v) is 3.14. The highest BCUT2D eigenvalue weighted by Gasteiger charge is 2.23. The molecule has 0 aliphatic carbocycles. The molecule has 0 saturated carbocycles. The van der Waals surface area contributed by atoms with Crippen LogP contribution in [0, 0.1) is 0 Å². The molecule has 2 atom stereocenters. The van der Waals surface area contributed by atoms with Crippen LogP contribution in [0.2, 0.25) is 0 Å². The number of aliphatic carboxylic acids is 3. The Morgan fingerprint density at radius 3 is 2.12 bits per heavy atom. The second-order valence-electron chi connectivity index (χ2n) is 4.70. The van der Waals surface area contributed by atoms with Gasteiger partial charge in [0.05, 0.1) is 0 Å². The molecule has 13 heteroatoms. The molecular weight excluding hydrogens is 344 g/mol. The minimum atomic E-state index is -1.29. The van der Waals surface area contributed by atoms with Gasteiger partial charge >= 0.3 is 17.9 Å². The van der Waals surface area contributed by atoms with Gasteiger partial charge in [0.2, 0.25) is 0 Å². The predicted molar refractivity (Wildman–Crippen MR) is 81.1 cm³/mol. The molecule has 0 aliphatic heterocycles. The number of nitrogens with zero attached hydrogens (tertiary/aromatic N) is 3. The first-order valence-corrected chi connectivity index (χ1v) is 7.17. The van der Waals surface area contributed by atoms with E-state index < -0.39 is 30.0 Å². The van der Waals surface area contributed by atoms with E-state index in [1.807, 2.05) is 0 Å². The Morgan fingerprint density at radius 2 is 1.67 bits per heavy atom. The van der Waals surface area contributed by atoms with E-state index in [1.165, 1.54) is 0 Å². The average molecular weight is 360 g/mol. The van der Waals surface area contributed by atoms with Crippen LogP contribution in [0.5, 0.6) is 0 Å². The number of rotatable bonds is 10. The Kier molecular flexibility index (Phi) is 7.48. The number of aromatic amines is 1. The largest absolute Gasteiger partial charge is 0.481 e. The second-order valence-corrected chi connectivity index (χ2v) is 5.11. The topological polar surface area (TPSA) is 190 Å². The molecule has 0 radical (unpaired) electrons. The lowest BCUT2D eigenvalue weighted by Gasteiger charge is -2.20. The van der Waals surface area contributed by atoms with Crippen LogP contribution in [-0.2, 0) is 20.8 Å². The number of carbonyl (C=O) groups is 3. The van der Waals surface area contributed by atoms with Crippen LogP contribution in [0.25, 0.3) is 0 Å². The molecule has 6 N–H and O–H groups in total. The van der Waals surface area contributed by atoms with Gasteiger partial charge in [0, 0.05) is 12.8 Å². The van der Waals surface area contributed by atoms with Crippen LogP contribution >= 0.6 is 12.2 Å². The SMILES string of the molecule is O=C(O)CCC(NC(=S)N[C@@H](CCc1nn[nH]n1)C(=O)O)C(=O)O. The Morgan fingerprint density at radius 1 is 1.08 bits per heavy atom. The van der Waals surface area contributed by atoms with Gasteiger partial charge in [-0.15, -0.1) is 10.2 Å². The number of aromatic nitrogens is 4. The van der Waals surface area contributed by atoms with Gasteiger partial charge in [-0.05, 0) is 25.1 Å². The normalized spacial score (nSPS) is 12.8. The first-order chi connectivity index (χ1) is 11.3. The minimum Gasteiger partial charge on any atom is -0.481 e. The molecule has 1 heterocycles. The van der Waals surface area contributed by atoms with E-state index in [0.29, 0.717) is 5.82 Å². The summed E-state index contributed by atoms with van der Waals surface area (Å²) < 4.78 is 0. The monoisotopic (exact) mass is 360 g/mol. The quantitative estimate of drug-likeness (QED) is 0.261. The van der Waals surface area contributed by atoms with Crippen molar-refractivity contribution in [1.29, 1.82) is 0 Å². The molecule has 0 spiro atoms. The van der Waals surface area contributed by atoms with Crippen LogP contribution < -0.4 is 10.6 Å². The van der Waals surface area contributed by atoms with Crippen molar-refractivity contribution in [3.8, 4) is 0 Å². The summed E-state index contributed by atoms with van der Waals surface area (Å²) in [5.41, 5.74) is 0. The molecule has 12 nitrogen and oxygen atoms in total. The van der Waals surface area contributed by atoms with Crippen molar-refractivity contribution in [2.24, 2.45) is 0 Å². The molecule has 0 aromatic carbocycles. The number of nitrogens with one attached hydrogen (secondary N) is 3. The number of aryl methyl sites for hydroxylation is 1. The maximum absolute atomic E-state index is 11.2. The maximum atomic E-state index is 11.2. The number of hydrogen-bond donors (Lipinski definition) is 6. The van der Waals surface area contributed by atoms with Crippen molar-refractivity contribution in [3.05, 3.63) is 5.82 Å². The lowest BCUT2D eigenvalue weighted by Crippen LogP contribution is -2.51. The smallest absolute Gasteiger partial charge is 0.326 e. The summed E-state index contributed by atoms with van der Waals surface area (Å²) in [6, 6.07) is -2.34. The Balaban J connectivity index is 2.54. The van der Waals surface area contributed by atoms with E-state index in [0.717, 1.165) is 0 Å². The molecule has 0 saturated heterocycles. The summed E-state index contributed by atoms with van der Waals surface area (Å²) in [7, 11) is 0. The molecule has 1 aromatic rings. The fraction of sp³-hybridized carbons (Fsp3) is 0.545. The van der Waals surface area contributed by atoms with Gasteiger partial charge in [-0.1, -0.05) is 5.21 Å². The molecule has 1 rings (SSSR count). The van der Waals surface area contributed by atoms with Crippen molar-refractivity contribution >= 4 is 35.2 Å². The Hall–Kier alpha value is -2.83. The van der Waals surface area contributed by atoms with Crippen LogP contribution in [0.4, 0.5) is 0 Å². The molecule has 24 heavy (non-hydrogen) atoms. The summed E-state index contributed by atoms with van der Waals surface area (Å²) in [5.74, 6) is -3.31. The third kappa shape index (κ3) is 6.95. The molecule has 1 aromatic heterocycles. The lowest BCUT2D eigenvalue weighted by atomic mass is 10.1. The maximum Gasteiger partial charge on any atom is 0.326 e. The van der Waals surface area contributed by atoms with Crippen molar-refractivity contribution in [1.82, 2.24) is 31.3 Å². The summed E-state index contributed by atoms with van der Waals surface area (Å²) in [5, 5.41) is 44.4. The van der Waals surface area contributed by atoms with Crippen LogP contribution in [0.1, 0.15) is 25.1 Å². The predicted octanol–water partition coefficient (Wildman–Crippen LogP) is -1.63. The summed E-state index contributed by atoms with van der Waals surface area (Å²) in [4.78, 5) is 32.8. The molecular formula is C11H16N6O6S. The Labute approximate surface area is 140 Å². The highest BCUT2D eigenvalue weighted by atomic mass is 32.1. The fourth-order valence-electron chi connectivity index (χ4n) is 1.70. The van der Waals surface area contributed by atoms with Gasteiger partial charge in [-0.25, -0.2) is 9.59 Å². The van der Waals surface area contributed by atoms with Gasteiger partial charge in [0.15, 0.2) is 10.9 Å². The number of tetrazole rings is 1. The van der Waals surface area contributed by atoms with E-state index in [2.05, 4.69) is 31.3 Å². The minimum absolute atomic E-state index is 0.0869. The van der Waals surface area contributed by atoms with Crippen LogP contribution in [0.3, 0.4) is 0 Å². The first-order valence-electron chi connectivity index (χ1n) is 6.76. The third-order valence-electron chi connectivity index (χ3n) is 2.90. The summed E-state index contributed by atoms with van der Waals surface area (Å²) in [6.45, 7) is 0. The van der Waals surface area contributed by atoms with Gasteiger partial charge < -0.3 is 26.0 Å². The number of thiocarbonyl (C=S) groups is 1. The number of hydrogen-bond acceptors (Lipinski definition) is 7. The molecule has 0 bridgehead atoms. The van der Waals surface area contributed by atoms with Crippen LogP contribution in [-0.4, -0.2) is 71.0 Å². The zero-order valence-electron chi connectivity index (χ0n) is 12.3. The number of carboxylic acids is 3. The van der Waals surface area contributed by atoms with Gasteiger partial charge in [0.1, 0.15) is 12.1 Å². The number of carboxylic acid groups (broad SMARTS) is 3. The molecule has 1 unspecified atom stereocenters. The highest BCUT2D eigenvalue weighted by molar-refractivity contribution is 7.80. The van der Waals surface area contributed by atoms with Crippen molar-refractivity contribution in [2.45, 2.75) is 37.8 Å². The first kappa shape index (κ1) is 19.2. The lowest BCUT2D eigenvalue weighted by molar-refractivity contribution is -0.140. The molecule has 0 aliphatic rings. The second kappa shape index (κ2) is 9.34. The average Bonchev–Trinajstić information content (AvgIpc) is 3.00. The van der Waals surface area contributed by atoms with Crippen molar-refractivity contribution in [3.63, 3.8) is 0 Å². The van der Waals surface area contributed by atoms with E-state index in [1.54, 1.807) is 0 Å². The van der Waals surface area contributed by atoms with Gasteiger partial charge in [-0.3, -0.25) is 4.79 Å². The van der Waals surface area contributed by atoms with E-state index in [9.17, 15) is 14.4 Å². The Bertz CT molecular complexity index is 594. The molecule has 0 amide bonds.